The summed E-state index contributed by atoms with van der Waals surface area (Å²) in [6.45, 7) is 6.06. The second-order valence-corrected chi connectivity index (χ2v) is 2.74. The lowest BCUT2D eigenvalue weighted by Crippen LogP contribution is -2.35. The first-order valence-electron chi connectivity index (χ1n) is 4.14. The Hall–Kier alpha value is -0.0800. The van der Waals surface area contributed by atoms with Gasteiger partial charge in [0.25, 0.3) is 0 Å². The van der Waals surface area contributed by atoms with Crippen molar-refractivity contribution >= 4 is 0 Å². The van der Waals surface area contributed by atoms with E-state index in [2.05, 4.69) is 19.2 Å². The molecule has 2 N–H and O–H groups in total. The number of hydrogen-bond acceptors (Lipinski definition) is 2. The minimum absolute atomic E-state index is 0.364. The van der Waals surface area contributed by atoms with Crippen LogP contribution in [0.1, 0.15) is 40.0 Å². The summed E-state index contributed by atoms with van der Waals surface area (Å²) in [6.07, 6.45) is 3.06. The topological polar surface area (TPSA) is 32.3 Å². The molecular formula is C8H19NO. The summed E-state index contributed by atoms with van der Waals surface area (Å²) in [4.78, 5) is 0. The van der Waals surface area contributed by atoms with Gasteiger partial charge in [0.2, 0.25) is 0 Å². The van der Waals surface area contributed by atoms with Gasteiger partial charge in [-0.25, -0.2) is 0 Å². The predicted octanol–water partition coefficient (Wildman–Crippen LogP) is 1.49. The predicted molar refractivity (Wildman–Crippen MR) is 43.8 cm³/mol. The molecule has 2 atom stereocenters. The van der Waals surface area contributed by atoms with Gasteiger partial charge in [-0.3, -0.25) is 5.32 Å². The van der Waals surface area contributed by atoms with Crippen molar-refractivity contribution in [1.29, 1.82) is 0 Å². The average molecular weight is 145 g/mol. The van der Waals surface area contributed by atoms with Crippen molar-refractivity contribution in [3.8, 4) is 0 Å². The zero-order valence-electron chi connectivity index (χ0n) is 7.22. The van der Waals surface area contributed by atoms with Crippen LogP contribution in [-0.4, -0.2) is 17.4 Å². The highest BCUT2D eigenvalue weighted by Gasteiger charge is 2.05. The van der Waals surface area contributed by atoms with Crippen molar-refractivity contribution in [3.63, 3.8) is 0 Å². The summed E-state index contributed by atoms with van der Waals surface area (Å²) in [5.41, 5.74) is 0. The zero-order valence-corrected chi connectivity index (χ0v) is 7.22. The van der Waals surface area contributed by atoms with E-state index in [9.17, 15) is 0 Å². The summed E-state index contributed by atoms with van der Waals surface area (Å²) < 4.78 is 0. The fourth-order valence-electron chi connectivity index (χ4n) is 1.09. The molecule has 0 amide bonds. The number of nitrogens with one attached hydrogen (secondary N) is 1. The Morgan fingerprint density at radius 1 is 1.40 bits per heavy atom. The van der Waals surface area contributed by atoms with E-state index in [0.717, 1.165) is 12.8 Å². The van der Waals surface area contributed by atoms with Crippen LogP contribution in [-0.2, 0) is 0 Å². The van der Waals surface area contributed by atoms with Gasteiger partial charge in [0.1, 0.15) is 6.23 Å². The summed E-state index contributed by atoms with van der Waals surface area (Å²) in [5.74, 6) is 0. The highest BCUT2D eigenvalue weighted by Crippen LogP contribution is 2.00. The molecule has 10 heavy (non-hydrogen) atoms. The number of rotatable bonds is 5. The molecule has 0 fully saturated rings. The third kappa shape index (κ3) is 4.77. The average Bonchev–Trinajstić information content (AvgIpc) is 1.86. The minimum Gasteiger partial charge on any atom is -0.379 e. The van der Waals surface area contributed by atoms with Gasteiger partial charge < -0.3 is 5.11 Å². The molecular weight excluding hydrogens is 126 g/mol. The van der Waals surface area contributed by atoms with E-state index in [4.69, 9.17) is 5.11 Å². The Kier molecular flexibility index (Phi) is 5.64. The first kappa shape index (κ1) is 9.92. The lowest BCUT2D eigenvalue weighted by atomic mass is 10.1. The molecule has 0 aliphatic rings. The summed E-state index contributed by atoms with van der Waals surface area (Å²) >= 11 is 0. The van der Waals surface area contributed by atoms with Gasteiger partial charge in [-0.2, -0.15) is 0 Å². The SMILES string of the molecule is CCC[C@@H](CC)NC(C)O. The van der Waals surface area contributed by atoms with Crippen molar-refractivity contribution in [1.82, 2.24) is 5.32 Å². The lowest BCUT2D eigenvalue weighted by molar-refractivity contribution is 0.137. The normalized spacial score (nSPS) is 16.8. The number of hydrogen-bond donors (Lipinski definition) is 2. The Morgan fingerprint density at radius 2 is 2.00 bits per heavy atom. The molecule has 0 aliphatic carbocycles. The third-order valence-electron chi connectivity index (χ3n) is 1.61. The zero-order chi connectivity index (χ0) is 7.98. The van der Waals surface area contributed by atoms with E-state index in [1.165, 1.54) is 6.42 Å². The Balaban J connectivity index is 3.39. The molecule has 2 heteroatoms. The van der Waals surface area contributed by atoms with Gasteiger partial charge in [0, 0.05) is 6.04 Å². The van der Waals surface area contributed by atoms with Crippen molar-refractivity contribution in [3.05, 3.63) is 0 Å². The molecule has 0 saturated carbocycles. The maximum absolute atomic E-state index is 8.97. The van der Waals surface area contributed by atoms with Crippen LogP contribution in [0.3, 0.4) is 0 Å². The Morgan fingerprint density at radius 3 is 2.30 bits per heavy atom. The van der Waals surface area contributed by atoms with Gasteiger partial charge >= 0.3 is 0 Å². The molecule has 2 nitrogen and oxygen atoms in total. The molecule has 0 rings (SSSR count). The van der Waals surface area contributed by atoms with Crippen LogP contribution < -0.4 is 5.32 Å². The second kappa shape index (κ2) is 5.69. The van der Waals surface area contributed by atoms with Gasteiger partial charge in [0.15, 0.2) is 0 Å². The van der Waals surface area contributed by atoms with Crippen molar-refractivity contribution in [2.75, 3.05) is 0 Å². The van der Waals surface area contributed by atoms with E-state index < -0.39 is 0 Å². The molecule has 0 aromatic heterocycles. The number of aliphatic hydroxyl groups is 1. The Bertz CT molecular complexity index is 73.7. The van der Waals surface area contributed by atoms with Crippen molar-refractivity contribution in [2.45, 2.75) is 52.3 Å². The van der Waals surface area contributed by atoms with E-state index in [-0.39, 0.29) is 6.23 Å². The van der Waals surface area contributed by atoms with Crippen LogP contribution >= 0.6 is 0 Å². The van der Waals surface area contributed by atoms with E-state index in [0.29, 0.717) is 6.04 Å². The fourth-order valence-corrected chi connectivity index (χ4v) is 1.09. The second-order valence-electron chi connectivity index (χ2n) is 2.74. The standard InChI is InChI=1S/C8H19NO/c1-4-6-8(5-2)9-7(3)10/h7-10H,4-6H2,1-3H3/t7?,8-/m1/s1. The van der Waals surface area contributed by atoms with Gasteiger partial charge in [-0.15, -0.1) is 0 Å². The number of aliphatic hydroxyl groups excluding tert-OH is 1. The quantitative estimate of drug-likeness (QED) is 0.574. The van der Waals surface area contributed by atoms with Crippen LogP contribution in [0.5, 0.6) is 0 Å². The largest absolute Gasteiger partial charge is 0.379 e. The van der Waals surface area contributed by atoms with E-state index in [1.54, 1.807) is 6.92 Å². The lowest BCUT2D eigenvalue weighted by Gasteiger charge is -2.17. The monoisotopic (exact) mass is 145 g/mol. The molecule has 0 saturated heterocycles. The van der Waals surface area contributed by atoms with Crippen molar-refractivity contribution < 1.29 is 5.11 Å². The van der Waals surface area contributed by atoms with Crippen LogP contribution in [0.15, 0.2) is 0 Å². The highest BCUT2D eigenvalue weighted by molar-refractivity contribution is 4.63. The van der Waals surface area contributed by atoms with Crippen LogP contribution in [0.25, 0.3) is 0 Å². The van der Waals surface area contributed by atoms with E-state index >= 15 is 0 Å². The molecule has 0 radical (unpaired) electrons. The molecule has 62 valence electrons. The van der Waals surface area contributed by atoms with Crippen LogP contribution in [0.2, 0.25) is 0 Å². The smallest absolute Gasteiger partial charge is 0.102 e. The highest BCUT2D eigenvalue weighted by atomic mass is 16.3. The van der Waals surface area contributed by atoms with Crippen LogP contribution in [0, 0.1) is 0 Å². The van der Waals surface area contributed by atoms with Gasteiger partial charge in [-0.1, -0.05) is 20.3 Å². The molecule has 0 aliphatic heterocycles. The Labute approximate surface area is 63.6 Å². The third-order valence-corrected chi connectivity index (χ3v) is 1.61. The molecule has 0 aromatic rings. The first-order valence-corrected chi connectivity index (χ1v) is 4.14. The van der Waals surface area contributed by atoms with Gasteiger partial charge in [-0.05, 0) is 19.8 Å². The molecule has 0 aromatic carbocycles. The molecule has 0 bridgehead atoms. The summed E-state index contributed by atoms with van der Waals surface area (Å²) in [7, 11) is 0. The molecule has 0 spiro atoms. The van der Waals surface area contributed by atoms with Gasteiger partial charge in [0.05, 0.1) is 0 Å². The molecule has 1 unspecified atom stereocenters. The molecule has 0 heterocycles. The fraction of sp³-hybridized carbons (Fsp3) is 1.00. The maximum Gasteiger partial charge on any atom is 0.102 e. The maximum atomic E-state index is 8.97. The first-order chi connectivity index (χ1) is 4.70. The minimum atomic E-state index is -0.364. The van der Waals surface area contributed by atoms with E-state index in [1.807, 2.05) is 0 Å². The summed E-state index contributed by atoms with van der Waals surface area (Å²) in [5, 5.41) is 12.1. The summed E-state index contributed by atoms with van der Waals surface area (Å²) in [6, 6.07) is 0.491. The van der Waals surface area contributed by atoms with Crippen molar-refractivity contribution in [2.24, 2.45) is 0 Å². The van der Waals surface area contributed by atoms with Crippen LogP contribution in [0.4, 0.5) is 0 Å².